The van der Waals surface area contributed by atoms with E-state index < -0.39 is 0 Å². The van der Waals surface area contributed by atoms with Crippen LogP contribution in [0.1, 0.15) is 44.1 Å². The van der Waals surface area contributed by atoms with Crippen molar-refractivity contribution in [3.8, 4) is 10.7 Å². The molecule has 5 rings (SSSR count). The zero-order chi connectivity index (χ0) is 21.8. The highest BCUT2D eigenvalue weighted by molar-refractivity contribution is 7.13. The number of hydrogen-bond acceptors (Lipinski definition) is 7. The van der Waals surface area contributed by atoms with Gasteiger partial charge in [0.15, 0.2) is 0 Å². The number of nitrogens with zero attached hydrogens (tertiary/aromatic N) is 5. The number of hydrogen-bond donors (Lipinski definition) is 1. The predicted octanol–water partition coefficient (Wildman–Crippen LogP) is 5.18. The van der Waals surface area contributed by atoms with Gasteiger partial charge in [0, 0.05) is 36.4 Å². The number of nitrogens with one attached hydrogen (secondary N) is 1. The highest BCUT2D eigenvalue weighted by Crippen LogP contribution is 2.30. The van der Waals surface area contributed by atoms with Crippen LogP contribution in [0.5, 0.6) is 0 Å². The summed E-state index contributed by atoms with van der Waals surface area (Å²) in [5.41, 5.74) is 2.14. The average molecular weight is 449 g/mol. The molecule has 0 amide bonds. The van der Waals surface area contributed by atoms with Crippen LogP contribution in [0.15, 0.2) is 48.1 Å². The van der Waals surface area contributed by atoms with Crippen molar-refractivity contribution >= 4 is 23.0 Å². The molecule has 2 fully saturated rings. The zero-order valence-corrected chi connectivity index (χ0v) is 19.6. The van der Waals surface area contributed by atoms with Gasteiger partial charge in [-0.2, -0.15) is 0 Å². The maximum absolute atomic E-state index is 4.67. The van der Waals surface area contributed by atoms with Crippen LogP contribution in [0.25, 0.3) is 10.7 Å². The van der Waals surface area contributed by atoms with Crippen molar-refractivity contribution in [3.05, 3.63) is 53.7 Å². The van der Waals surface area contributed by atoms with Crippen LogP contribution < -0.4 is 5.32 Å². The van der Waals surface area contributed by atoms with Gasteiger partial charge in [-0.05, 0) is 69.6 Å². The molecule has 3 aromatic heterocycles. The molecule has 3 aromatic rings. The molecule has 1 saturated heterocycles. The molecule has 168 valence electrons. The number of pyridine rings is 2. The van der Waals surface area contributed by atoms with E-state index in [9.17, 15) is 0 Å². The number of likely N-dealkylation sites (tertiary alicyclic amines) is 1. The number of anilines is 2. The quantitative estimate of drug-likeness (QED) is 0.537. The van der Waals surface area contributed by atoms with Crippen LogP contribution in [0, 0.1) is 0 Å². The van der Waals surface area contributed by atoms with E-state index in [-0.39, 0.29) is 0 Å². The molecule has 4 heterocycles. The number of aromatic nitrogens is 3. The van der Waals surface area contributed by atoms with Gasteiger partial charge in [-0.25, -0.2) is 15.0 Å². The van der Waals surface area contributed by atoms with Gasteiger partial charge in [-0.3, -0.25) is 9.80 Å². The second-order valence-electron chi connectivity index (χ2n) is 9.00. The molecule has 0 bridgehead atoms. The molecule has 2 atom stereocenters. The van der Waals surface area contributed by atoms with Crippen molar-refractivity contribution in [2.45, 2.75) is 57.2 Å². The van der Waals surface area contributed by atoms with Crippen LogP contribution in [-0.4, -0.2) is 57.0 Å². The number of likely N-dealkylation sites (N-methyl/N-ethyl adjacent to an activating group) is 1. The molecular formula is C25H32N6S. The SMILES string of the molecule is CN(Cc1ccc(Nc2cccc(-c3nccs3)n2)nc1)[C@@H]1CCCC[C@H]1N1CCCC1. The lowest BCUT2D eigenvalue weighted by Crippen LogP contribution is -2.51. The van der Waals surface area contributed by atoms with Crippen LogP contribution >= 0.6 is 11.3 Å². The van der Waals surface area contributed by atoms with Crippen molar-refractivity contribution in [2.24, 2.45) is 0 Å². The standard InChI is InChI=1S/C25H32N6S/c1-30(21-8-2-3-9-22(21)31-14-4-5-15-31)18-19-11-12-23(27-17-19)29-24-10-6-7-20(28-24)25-26-13-16-32-25/h6-7,10-13,16-17,21-22H,2-5,8-9,14-15,18H2,1H3,(H,27,28,29)/t21-,22-/m1/s1. The number of rotatable bonds is 7. The summed E-state index contributed by atoms with van der Waals surface area (Å²) in [5.74, 6) is 1.60. The largest absolute Gasteiger partial charge is 0.325 e. The summed E-state index contributed by atoms with van der Waals surface area (Å²) >= 11 is 1.59. The molecule has 0 spiro atoms. The van der Waals surface area contributed by atoms with E-state index in [1.54, 1.807) is 17.5 Å². The topological polar surface area (TPSA) is 57.2 Å². The molecule has 32 heavy (non-hydrogen) atoms. The summed E-state index contributed by atoms with van der Waals surface area (Å²) < 4.78 is 0. The zero-order valence-electron chi connectivity index (χ0n) is 18.8. The first-order valence-corrected chi connectivity index (χ1v) is 12.7. The molecule has 0 aromatic carbocycles. The summed E-state index contributed by atoms with van der Waals surface area (Å²) in [5, 5.41) is 6.22. The Hall–Kier alpha value is -2.35. The van der Waals surface area contributed by atoms with Crippen LogP contribution in [0.2, 0.25) is 0 Å². The Labute approximate surface area is 194 Å². The lowest BCUT2D eigenvalue weighted by molar-refractivity contribution is 0.0722. The fraction of sp³-hybridized carbons (Fsp3) is 0.480. The molecular weight excluding hydrogens is 416 g/mol. The van der Waals surface area contributed by atoms with Gasteiger partial charge in [0.05, 0.1) is 0 Å². The molecule has 7 heteroatoms. The first-order chi connectivity index (χ1) is 15.8. The third kappa shape index (κ3) is 5.00. The molecule has 1 aliphatic heterocycles. The van der Waals surface area contributed by atoms with Gasteiger partial charge in [-0.15, -0.1) is 11.3 Å². The number of thiazole rings is 1. The molecule has 0 unspecified atom stereocenters. The Morgan fingerprint density at radius 2 is 1.91 bits per heavy atom. The Bertz CT molecular complexity index is 984. The van der Waals surface area contributed by atoms with E-state index in [0.29, 0.717) is 6.04 Å². The van der Waals surface area contributed by atoms with Gasteiger partial charge in [-0.1, -0.05) is 25.0 Å². The van der Waals surface area contributed by atoms with Crippen molar-refractivity contribution in [1.82, 2.24) is 24.8 Å². The van der Waals surface area contributed by atoms with E-state index in [1.807, 2.05) is 29.8 Å². The second-order valence-corrected chi connectivity index (χ2v) is 9.89. The summed E-state index contributed by atoms with van der Waals surface area (Å²) in [4.78, 5) is 19.0. The van der Waals surface area contributed by atoms with E-state index in [2.05, 4.69) is 49.2 Å². The molecule has 1 saturated carbocycles. The monoisotopic (exact) mass is 448 g/mol. The maximum Gasteiger partial charge on any atom is 0.141 e. The minimum absolute atomic E-state index is 0.650. The highest BCUT2D eigenvalue weighted by Gasteiger charge is 2.33. The van der Waals surface area contributed by atoms with Gasteiger partial charge in [0.1, 0.15) is 22.3 Å². The fourth-order valence-electron chi connectivity index (χ4n) is 5.21. The third-order valence-electron chi connectivity index (χ3n) is 6.78. The second kappa shape index (κ2) is 10.1. The highest BCUT2D eigenvalue weighted by atomic mass is 32.1. The van der Waals surface area contributed by atoms with E-state index in [1.165, 1.54) is 57.2 Å². The lowest BCUT2D eigenvalue weighted by atomic mass is 9.88. The summed E-state index contributed by atoms with van der Waals surface area (Å²) in [6.07, 6.45) is 11.9. The normalized spacial score (nSPS) is 21.8. The van der Waals surface area contributed by atoms with E-state index in [4.69, 9.17) is 0 Å². The molecule has 0 radical (unpaired) electrons. The Balaban J connectivity index is 1.21. The first-order valence-electron chi connectivity index (χ1n) is 11.8. The molecule has 1 N–H and O–H groups in total. The summed E-state index contributed by atoms with van der Waals surface area (Å²) in [7, 11) is 2.29. The fourth-order valence-corrected chi connectivity index (χ4v) is 5.81. The van der Waals surface area contributed by atoms with Crippen molar-refractivity contribution in [1.29, 1.82) is 0 Å². The van der Waals surface area contributed by atoms with E-state index >= 15 is 0 Å². The van der Waals surface area contributed by atoms with Crippen LogP contribution in [-0.2, 0) is 6.54 Å². The van der Waals surface area contributed by atoms with Gasteiger partial charge >= 0.3 is 0 Å². The van der Waals surface area contributed by atoms with Gasteiger partial charge in [0.2, 0.25) is 0 Å². The van der Waals surface area contributed by atoms with E-state index in [0.717, 1.165) is 34.9 Å². The average Bonchev–Trinajstić information content (AvgIpc) is 3.55. The predicted molar refractivity (Wildman–Crippen MR) is 131 cm³/mol. The maximum atomic E-state index is 4.67. The lowest BCUT2D eigenvalue weighted by Gasteiger charge is -2.42. The van der Waals surface area contributed by atoms with Gasteiger partial charge in [0.25, 0.3) is 0 Å². The molecule has 2 aliphatic rings. The van der Waals surface area contributed by atoms with Crippen LogP contribution in [0.3, 0.4) is 0 Å². The smallest absolute Gasteiger partial charge is 0.141 e. The minimum Gasteiger partial charge on any atom is -0.325 e. The third-order valence-corrected chi connectivity index (χ3v) is 7.58. The first kappa shape index (κ1) is 21.5. The Kier molecular flexibility index (Phi) is 6.76. The van der Waals surface area contributed by atoms with Crippen molar-refractivity contribution in [3.63, 3.8) is 0 Å². The summed E-state index contributed by atoms with van der Waals surface area (Å²) in [6, 6.07) is 11.6. The van der Waals surface area contributed by atoms with Crippen molar-refractivity contribution < 1.29 is 0 Å². The Morgan fingerprint density at radius 1 is 1.03 bits per heavy atom. The van der Waals surface area contributed by atoms with Gasteiger partial charge < -0.3 is 5.32 Å². The Morgan fingerprint density at radius 3 is 2.69 bits per heavy atom. The van der Waals surface area contributed by atoms with Crippen molar-refractivity contribution in [2.75, 3.05) is 25.5 Å². The minimum atomic E-state index is 0.650. The molecule has 6 nitrogen and oxygen atoms in total. The summed E-state index contributed by atoms with van der Waals surface area (Å²) in [6.45, 7) is 3.52. The van der Waals surface area contributed by atoms with Crippen LogP contribution in [0.4, 0.5) is 11.6 Å². The molecule has 1 aliphatic carbocycles.